The summed E-state index contributed by atoms with van der Waals surface area (Å²) in [5.41, 5.74) is 2.13. The van der Waals surface area contributed by atoms with Crippen molar-refractivity contribution in [2.24, 2.45) is 0 Å². The van der Waals surface area contributed by atoms with Crippen LogP contribution in [0.3, 0.4) is 0 Å². The smallest absolute Gasteiger partial charge is 0.336 e. The summed E-state index contributed by atoms with van der Waals surface area (Å²) in [6.07, 6.45) is 2.96. The SMILES string of the molecule is CC1(C)C=C(c2ccccc2C(=O)O)CC(C)(C)N1. The standard InChI is InChI=1S/C16H21NO2/c1-15(2)9-11(10-16(3,4)17-15)12-7-5-6-8-13(12)14(18)19/h5-9,17H,10H2,1-4H3,(H,18,19). The fourth-order valence-corrected chi connectivity index (χ4v) is 3.04. The molecule has 0 unspecified atom stereocenters. The highest BCUT2D eigenvalue weighted by molar-refractivity contribution is 5.94. The van der Waals surface area contributed by atoms with Crippen molar-refractivity contribution in [3.63, 3.8) is 0 Å². The van der Waals surface area contributed by atoms with Crippen LogP contribution in [0.2, 0.25) is 0 Å². The van der Waals surface area contributed by atoms with Gasteiger partial charge in [0.25, 0.3) is 0 Å². The van der Waals surface area contributed by atoms with Crippen molar-refractivity contribution in [1.29, 1.82) is 0 Å². The molecule has 2 rings (SSSR count). The second-order valence-electron chi connectivity index (χ2n) is 6.43. The molecule has 2 N–H and O–H groups in total. The zero-order chi connectivity index (χ0) is 14.3. The Morgan fingerprint density at radius 2 is 1.84 bits per heavy atom. The third kappa shape index (κ3) is 3.04. The van der Waals surface area contributed by atoms with E-state index in [1.807, 2.05) is 12.1 Å². The first-order valence-corrected chi connectivity index (χ1v) is 6.54. The summed E-state index contributed by atoms with van der Waals surface area (Å²) in [6.45, 7) is 8.50. The molecule has 1 aliphatic heterocycles. The molecule has 0 fully saturated rings. The van der Waals surface area contributed by atoms with Gasteiger partial charge in [-0.2, -0.15) is 0 Å². The molecule has 1 aromatic carbocycles. The summed E-state index contributed by atoms with van der Waals surface area (Å²) in [5, 5.41) is 12.9. The topological polar surface area (TPSA) is 49.3 Å². The number of carboxylic acid groups (broad SMARTS) is 1. The Labute approximate surface area is 114 Å². The minimum atomic E-state index is -0.870. The van der Waals surface area contributed by atoms with Gasteiger partial charge in [0, 0.05) is 11.1 Å². The monoisotopic (exact) mass is 259 g/mol. The van der Waals surface area contributed by atoms with Crippen LogP contribution in [-0.4, -0.2) is 22.2 Å². The molecule has 1 aliphatic rings. The van der Waals surface area contributed by atoms with Crippen molar-refractivity contribution >= 4 is 11.5 Å². The van der Waals surface area contributed by atoms with E-state index >= 15 is 0 Å². The minimum absolute atomic E-state index is 0.0425. The molecule has 0 amide bonds. The van der Waals surface area contributed by atoms with Crippen molar-refractivity contribution in [1.82, 2.24) is 5.32 Å². The van der Waals surface area contributed by atoms with E-state index in [1.165, 1.54) is 0 Å². The third-order valence-electron chi connectivity index (χ3n) is 3.33. The molecule has 102 valence electrons. The molecule has 0 aliphatic carbocycles. The van der Waals surface area contributed by atoms with Crippen LogP contribution >= 0.6 is 0 Å². The van der Waals surface area contributed by atoms with Gasteiger partial charge in [-0.25, -0.2) is 4.79 Å². The molecule has 0 spiro atoms. The highest BCUT2D eigenvalue weighted by atomic mass is 16.4. The largest absolute Gasteiger partial charge is 0.478 e. The first-order valence-electron chi connectivity index (χ1n) is 6.54. The fourth-order valence-electron chi connectivity index (χ4n) is 3.04. The summed E-state index contributed by atoms with van der Waals surface area (Å²) >= 11 is 0. The maximum absolute atomic E-state index is 11.3. The van der Waals surface area contributed by atoms with Gasteiger partial charge in [0.1, 0.15) is 0 Å². The Morgan fingerprint density at radius 3 is 2.42 bits per heavy atom. The molecule has 0 atom stereocenters. The van der Waals surface area contributed by atoms with Crippen molar-refractivity contribution in [2.45, 2.75) is 45.2 Å². The van der Waals surface area contributed by atoms with E-state index in [1.54, 1.807) is 12.1 Å². The zero-order valence-corrected chi connectivity index (χ0v) is 11.9. The molecule has 0 bridgehead atoms. The Bertz CT molecular complexity index is 541. The molecule has 1 heterocycles. The minimum Gasteiger partial charge on any atom is -0.478 e. The molecule has 1 aromatic rings. The van der Waals surface area contributed by atoms with Crippen molar-refractivity contribution in [3.8, 4) is 0 Å². The van der Waals surface area contributed by atoms with Gasteiger partial charge in [-0.3, -0.25) is 0 Å². The Kier molecular flexibility index (Phi) is 3.27. The molecule has 3 nitrogen and oxygen atoms in total. The summed E-state index contributed by atoms with van der Waals surface area (Å²) in [5.74, 6) is -0.870. The molecule has 0 radical (unpaired) electrons. The Morgan fingerprint density at radius 1 is 1.21 bits per heavy atom. The molecule has 0 saturated carbocycles. The second-order valence-corrected chi connectivity index (χ2v) is 6.43. The van der Waals surface area contributed by atoms with Crippen LogP contribution in [0, 0.1) is 0 Å². The van der Waals surface area contributed by atoms with Gasteiger partial charge in [-0.1, -0.05) is 24.3 Å². The summed E-state index contributed by atoms with van der Waals surface area (Å²) in [4.78, 5) is 11.3. The number of rotatable bonds is 2. The predicted molar refractivity (Wildman–Crippen MR) is 77.3 cm³/mol. The van der Waals surface area contributed by atoms with Gasteiger partial charge in [0.15, 0.2) is 0 Å². The van der Waals surface area contributed by atoms with Gasteiger partial charge < -0.3 is 10.4 Å². The quantitative estimate of drug-likeness (QED) is 0.856. The average Bonchev–Trinajstić information content (AvgIpc) is 2.24. The molecular formula is C16H21NO2. The van der Waals surface area contributed by atoms with Crippen LogP contribution < -0.4 is 5.32 Å². The summed E-state index contributed by atoms with van der Waals surface area (Å²) in [7, 11) is 0. The van der Waals surface area contributed by atoms with Crippen LogP contribution in [-0.2, 0) is 0 Å². The van der Waals surface area contributed by atoms with E-state index in [4.69, 9.17) is 0 Å². The number of hydrogen-bond donors (Lipinski definition) is 2. The maximum Gasteiger partial charge on any atom is 0.336 e. The van der Waals surface area contributed by atoms with Gasteiger partial charge in [-0.05, 0) is 51.3 Å². The number of aromatic carboxylic acids is 1. The van der Waals surface area contributed by atoms with E-state index in [-0.39, 0.29) is 11.1 Å². The van der Waals surface area contributed by atoms with E-state index in [0.717, 1.165) is 17.6 Å². The summed E-state index contributed by atoms with van der Waals surface area (Å²) < 4.78 is 0. The molecule has 0 saturated heterocycles. The number of hydrogen-bond acceptors (Lipinski definition) is 2. The van der Waals surface area contributed by atoms with Crippen LogP contribution in [0.15, 0.2) is 30.3 Å². The van der Waals surface area contributed by atoms with Crippen LogP contribution in [0.5, 0.6) is 0 Å². The lowest BCUT2D eigenvalue weighted by molar-refractivity contribution is 0.0696. The molecule has 19 heavy (non-hydrogen) atoms. The van der Waals surface area contributed by atoms with Crippen molar-refractivity contribution in [3.05, 3.63) is 41.5 Å². The van der Waals surface area contributed by atoms with Crippen molar-refractivity contribution < 1.29 is 9.90 Å². The first kappa shape index (κ1) is 13.8. The number of carboxylic acids is 1. The normalized spacial score (nSPS) is 20.7. The lowest BCUT2D eigenvalue weighted by Crippen LogP contribution is -2.53. The lowest BCUT2D eigenvalue weighted by atomic mass is 9.80. The van der Waals surface area contributed by atoms with E-state index in [9.17, 15) is 9.90 Å². The zero-order valence-electron chi connectivity index (χ0n) is 11.9. The molecular weight excluding hydrogens is 238 g/mol. The van der Waals surface area contributed by atoms with Gasteiger partial charge in [0.05, 0.1) is 5.56 Å². The van der Waals surface area contributed by atoms with Crippen LogP contribution in [0.4, 0.5) is 0 Å². The molecule has 0 aromatic heterocycles. The van der Waals surface area contributed by atoms with E-state index in [2.05, 4.69) is 39.1 Å². The summed E-state index contributed by atoms with van der Waals surface area (Å²) in [6, 6.07) is 7.23. The third-order valence-corrected chi connectivity index (χ3v) is 3.33. The Balaban J connectivity index is 2.53. The fraction of sp³-hybridized carbons (Fsp3) is 0.438. The van der Waals surface area contributed by atoms with Gasteiger partial charge in [0.2, 0.25) is 0 Å². The van der Waals surface area contributed by atoms with Gasteiger partial charge >= 0.3 is 5.97 Å². The molecule has 3 heteroatoms. The average molecular weight is 259 g/mol. The van der Waals surface area contributed by atoms with Crippen LogP contribution in [0.1, 0.15) is 50.0 Å². The van der Waals surface area contributed by atoms with Crippen molar-refractivity contribution in [2.75, 3.05) is 0 Å². The van der Waals surface area contributed by atoms with E-state index in [0.29, 0.717) is 5.56 Å². The predicted octanol–water partition coefficient (Wildman–Crippen LogP) is 3.32. The number of carbonyl (C=O) groups is 1. The maximum atomic E-state index is 11.3. The number of benzene rings is 1. The number of nitrogens with one attached hydrogen (secondary N) is 1. The highest BCUT2D eigenvalue weighted by Crippen LogP contribution is 2.34. The second kappa shape index (κ2) is 4.49. The Hall–Kier alpha value is -1.61. The van der Waals surface area contributed by atoms with E-state index < -0.39 is 5.97 Å². The highest BCUT2D eigenvalue weighted by Gasteiger charge is 2.33. The lowest BCUT2D eigenvalue weighted by Gasteiger charge is -2.41. The van der Waals surface area contributed by atoms with Crippen LogP contribution in [0.25, 0.3) is 5.57 Å². The first-order chi connectivity index (χ1) is 8.70. The van der Waals surface area contributed by atoms with Gasteiger partial charge in [-0.15, -0.1) is 0 Å².